The molecule has 4 aromatic carbocycles. The SMILES string of the molecule is Fc1ccc(-c2cc(CCl)on2)c(C(F)(F)F)c1.Fc1ccccc1-c1nc2ccn(Cc3cc(-c4ccc(Cl)cc4C(F)(F)F)no3)cc-2n1.Fc1ccccc1-c1nc2ccncc2[nH]1. The van der Waals surface area contributed by atoms with Crippen molar-refractivity contribution in [1.29, 1.82) is 0 Å². The fourth-order valence-corrected chi connectivity index (χ4v) is 6.89. The zero-order valence-electron chi connectivity index (χ0n) is 33.7. The Kier molecular flexibility index (Phi) is 13.2. The number of halogens is 11. The first kappa shape index (κ1) is 46.0. The smallest absolute Gasteiger partial charge is 0.359 e. The molecular formula is C46H27Cl2F9N8O2. The summed E-state index contributed by atoms with van der Waals surface area (Å²) in [5.74, 6) is -0.297. The molecule has 0 fully saturated rings. The summed E-state index contributed by atoms with van der Waals surface area (Å²) in [6.45, 7) is 0.194. The van der Waals surface area contributed by atoms with Crippen molar-refractivity contribution >= 4 is 34.2 Å². The van der Waals surface area contributed by atoms with Crippen LogP contribution in [0.25, 0.3) is 67.7 Å². The van der Waals surface area contributed by atoms with Crippen LogP contribution in [-0.4, -0.2) is 39.8 Å². The van der Waals surface area contributed by atoms with Crippen molar-refractivity contribution in [2.45, 2.75) is 24.8 Å². The van der Waals surface area contributed by atoms with Crippen molar-refractivity contribution in [3.8, 4) is 56.7 Å². The number of pyridine rings is 2. The van der Waals surface area contributed by atoms with Crippen LogP contribution < -0.4 is 0 Å². The molecule has 0 aliphatic carbocycles. The molecule has 10 nitrogen and oxygen atoms in total. The van der Waals surface area contributed by atoms with Crippen LogP contribution in [0.1, 0.15) is 22.6 Å². The van der Waals surface area contributed by atoms with Crippen LogP contribution in [0.2, 0.25) is 5.02 Å². The lowest BCUT2D eigenvalue weighted by Crippen LogP contribution is -2.07. The van der Waals surface area contributed by atoms with Crippen molar-refractivity contribution in [3.05, 3.63) is 179 Å². The maximum absolute atomic E-state index is 14.1. The number of hydrogen-bond acceptors (Lipinski definition) is 8. The minimum atomic E-state index is -4.67. The van der Waals surface area contributed by atoms with Gasteiger partial charge in [-0.1, -0.05) is 52.2 Å². The molecule has 0 unspecified atom stereocenters. The van der Waals surface area contributed by atoms with E-state index in [4.69, 9.17) is 32.2 Å². The Morgan fingerprint density at radius 3 is 1.87 bits per heavy atom. The van der Waals surface area contributed by atoms with E-state index in [1.165, 1.54) is 36.4 Å². The molecule has 340 valence electrons. The van der Waals surface area contributed by atoms with Gasteiger partial charge in [0.05, 0.1) is 57.6 Å². The third kappa shape index (κ3) is 10.6. The summed E-state index contributed by atoms with van der Waals surface area (Å²) in [7, 11) is 0. The standard InChI is InChI=1S/C23H13ClF4N4O.C12H8FN3.C11H6ClF4NO/c24-13-5-6-15(17(9-13)23(26,27)28)20-10-14(33-31-20)11-32-8-7-19-21(12-32)30-22(29-19)16-3-1-2-4-18(16)25;13-9-4-2-1-3-8(9)12-15-10-5-6-14-7-11(10)16-12;12-5-7-4-10(17-18-7)8-2-1-6(13)3-9(8)11(14,15)16/h1-10,12H,11H2;1-7H,(H,15,16);1-4H,5H2. The zero-order chi connectivity index (χ0) is 47.5. The Morgan fingerprint density at radius 1 is 0.612 bits per heavy atom. The number of rotatable bonds is 7. The van der Waals surface area contributed by atoms with Gasteiger partial charge in [-0.2, -0.15) is 26.3 Å². The van der Waals surface area contributed by atoms with Crippen molar-refractivity contribution < 1.29 is 48.6 Å². The second kappa shape index (κ2) is 19.1. The maximum atomic E-state index is 14.1. The number of aromatic amines is 1. The molecule has 4 aromatic heterocycles. The molecule has 0 spiro atoms. The highest BCUT2D eigenvalue weighted by Crippen LogP contribution is 2.39. The van der Waals surface area contributed by atoms with Gasteiger partial charge < -0.3 is 18.6 Å². The van der Waals surface area contributed by atoms with E-state index in [0.29, 0.717) is 40.2 Å². The van der Waals surface area contributed by atoms with Gasteiger partial charge >= 0.3 is 12.4 Å². The highest BCUT2D eigenvalue weighted by atomic mass is 35.5. The number of aromatic nitrogens is 8. The summed E-state index contributed by atoms with van der Waals surface area (Å²) in [6.07, 6.45) is -2.52. The zero-order valence-corrected chi connectivity index (χ0v) is 35.2. The Labute approximate surface area is 382 Å². The molecule has 0 bridgehead atoms. The van der Waals surface area contributed by atoms with Crippen LogP contribution in [0, 0.1) is 17.5 Å². The monoisotopic (exact) mass is 964 g/mol. The Hall–Kier alpha value is -7.51. The molecule has 1 N–H and O–H groups in total. The van der Waals surface area contributed by atoms with Crippen LogP contribution >= 0.6 is 23.2 Å². The Bertz CT molecular complexity index is 3260. The molecular weight excluding hydrogens is 938 g/mol. The number of nitrogens with one attached hydrogen (secondary N) is 1. The molecule has 8 aromatic rings. The summed E-state index contributed by atoms with van der Waals surface area (Å²) in [6, 6.07) is 24.8. The molecule has 0 amide bonds. The molecule has 0 saturated heterocycles. The van der Waals surface area contributed by atoms with E-state index >= 15 is 0 Å². The largest absolute Gasteiger partial charge is 0.417 e. The van der Waals surface area contributed by atoms with Crippen molar-refractivity contribution in [2.24, 2.45) is 0 Å². The molecule has 21 heteroatoms. The number of H-pyrrole nitrogens is 1. The normalized spacial score (nSPS) is 11.6. The minimum Gasteiger partial charge on any atom is -0.359 e. The van der Waals surface area contributed by atoms with E-state index in [1.807, 2.05) is 0 Å². The van der Waals surface area contributed by atoms with Gasteiger partial charge in [0, 0.05) is 46.9 Å². The molecule has 2 aliphatic heterocycles. The van der Waals surface area contributed by atoms with Crippen molar-refractivity contribution in [2.75, 3.05) is 0 Å². The Morgan fingerprint density at radius 2 is 1.22 bits per heavy atom. The minimum absolute atomic E-state index is 0.00442. The van der Waals surface area contributed by atoms with Crippen LogP contribution in [-0.2, 0) is 24.8 Å². The number of benzene rings is 4. The van der Waals surface area contributed by atoms with E-state index in [1.54, 1.807) is 77.9 Å². The van der Waals surface area contributed by atoms with Gasteiger partial charge in [0.25, 0.3) is 0 Å². The van der Waals surface area contributed by atoms with Crippen LogP contribution in [0.5, 0.6) is 0 Å². The van der Waals surface area contributed by atoms with Crippen molar-refractivity contribution in [1.82, 2.24) is 39.8 Å². The molecule has 0 atom stereocenters. The number of imidazole rings is 2. The first-order valence-corrected chi connectivity index (χ1v) is 20.3. The number of alkyl halides is 7. The van der Waals surface area contributed by atoms with E-state index in [9.17, 15) is 39.5 Å². The predicted octanol–water partition coefficient (Wildman–Crippen LogP) is 13.6. The summed E-state index contributed by atoms with van der Waals surface area (Å²) in [5, 5.41) is 7.26. The first-order valence-electron chi connectivity index (χ1n) is 19.4. The lowest BCUT2D eigenvalue weighted by atomic mass is 10.0. The second-order valence-corrected chi connectivity index (χ2v) is 14.9. The average Bonchev–Trinajstić information content (AvgIpc) is 4.13. The number of nitrogens with zero attached hydrogens (tertiary/aromatic N) is 7. The van der Waals surface area contributed by atoms with Crippen LogP contribution in [0.3, 0.4) is 0 Å². The molecule has 2 aliphatic rings. The third-order valence-electron chi connectivity index (χ3n) is 9.67. The van der Waals surface area contributed by atoms with Gasteiger partial charge in [-0.05, 0) is 66.7 Å². The lowest BCUT2D eigenvalue weighted by Gasteiger charge is -2.11. The summed E-state index contributed by atoms with van der Waals surface area (Å²) in [5.41, 5.74) is 1.13. The quantitative estimate of drug-likeness (QED) is 0.124. The fraction of sp³-hybridized carbons (Fsp3) is 0.0870. The molecule has 0 radical (unpaired) electrons. The average molecular weight is 966 g/mol. The number of hydrogen-bond donors (Lipinski definition) is 1. The fourth-order valence-electron chi connectivity index (χ4n) is 6.60. The van der Waals surface area contributed by atoms with Gasteiger partial charge in [0.1, 0.15) is 40.4 Å². The number of fused-ring (bicyclic) bond motifs is 2. The molecule has 67 heavy (non-hydrogen) atoms. The van der Waals surface area contributed by atoms with E-state index in [2.05, 4.69) is 35.2 Å². The van der Waals surface area contributed by atoms with Gasteiger partial charge in [-0.25, -0.2) is 28.1 Å². The maximum Gasteiger partial charge on any atom is 0.417 e. The van der Waals surface area contributed by atoms with E-state index in [0.717, 1.165) is 29.2 Å². The van der Waals surface area contributed by atoms with Gasteiger partial charge in [0.2, 0.25) is 0 Å². The molecule has 6 heterocycles. The summed E-state index contributed by atoms with van der Waals surface area (Å²) >= 11 is 11.2. The topological polar surface area (TPSA) is 124 Å². The highest BCUT2D eigenvalue weighted by molar-refractivity contribution is 6.30. The molecule has 0 saturated carbocycles. The highest BCUT2D eigenvalue weighted by Gasteiger charge is 2.36. The van der Waals surface area contributed by atoms with Crippen LogP contribution in [0.15, 0.2) is 143 Å². The first-order chi connectivity index (χ1) is 32.0. The third-order valence-corrected chi connectivity index (χ3v) is 10.2. The van der Waals surface area contributed by atoms with Gasteiger partial charge in [-0.15, -0.1) is 11.6 Å². The van der Waals surface area contributed by atoms with Crippen LogP contribution in [0.4, 0.5) is 39.5 Å². The summed E-state index contributed by atoms with van der Waals surface area (Å²) in [4.78, 5) is 20.1. The van der Waals surface area contributed by atoms with E-state index in [-0.39, 0.29) is 57.4 Å². The van der Waals surface area contributed by atoms with Gasteiger partial charge in [-0.3, -0.25) is 4.98 Å². The second-order valence-electron chi connectivity index (χ2n) is 14.2. The summed E-state index contributed by atoms with van der Waals surface area (Å²) < 4.78 is 131. The molecule has 10 rings (SSSR count). The van der Waals surface area contributed by atoms with Crippen molar-refractivity contribution in [3.63, 3.8) is 0 Å². The van der Waals surface area contributed by atoms with E-state index < -0.39 is 35.1 Å². The lowest BCUT2D eigenvalue weighted by molar-refractivity contribution is -0.138. The van der Waals surface area contributed by atoms with Gasteiger partial charge in [0.15, 0.2) is 17.3 Å². The Balaban J connectivity index is 0.000000150. The predicted molar refractivity (Wildman–Crippen MR) is 229 cm³/mol.